The van der Waals surface area contributed by atoms with E-state index in [0.29, 0.717) is 16.7 Å². The van der Waals surface area contributed by atoms with Crippen molar-refractivity contribution in [1.29, 1.82) is 0 Å². The van der Waals surface area contributed by atoms with Crippen molar-refractivity contribution < 1.29 is 9.21 Å². The van der Waals surface area contributed by atoms with Crippen LogP contribution in [0.15, 0.2) is 27.4 Å². The summed E-state index contributed by atoms with van der Waals surface area (Å²) in [6, 6.07) is 5.06. The number of nitrogens with one attached hydrogen (secondary N) is 1. The molecule has 1 N–H and O–H groups in total. The van der Waals surface area contributed by atoms with E-state index in [0.717, 1.165) is 32.7 Å². The standard InChI is InChI=1S/C14H17N3O3/c1-2-16-5-7-17(8-6-16)13(18)10-3-4-11-12(9-10)20-14(19)15-11/h3-4,9H,2,5-8H2,1H3,(H,15,19). The molecular formula is C14H17N3O3. The summed E-state index contributed by atoms with van der Waals surface area (Å²) in [5, 5.41) is 0. The van der Waals surface area contributed by atoms with Crippen molar-refractivity contribution in [2.75, 3.05) is 32.7 Å². The number of rotatable bonds is 2. The summed E-state index contributed by atoms with van der Waals surface area (Å²) in [4.78, 5) is 30.3. The minimum atomic E-state index is -0.499. The maximum Gasteiger partial charge on any atom is 0.417 e. The molecule has 1 aromatic carbocycles. The summed E-state index contributed by atoms with van der Waals surface area (Å²) in [6.07, 6.45) is 0. The van der Waals surface area contributed by atoms with Gasteiger partial charge in [0, 0.05) is 31.7 Å². The first-order chi connectivity index (χ1) is 9.67. The molecule has 1 aliphatic rings. The molecular weight excluding hydrogens is 258 g/mol. The fourth-order valence-corrected chi connectivity index (χ4v) is 2.53. The molecule has 3 rings (SSSR count). The van der Waals surface area contributed by atoms with Gasteiger partial charge in [-0.25, -0.2) is 4.79 Å². The van der Waals surface area contributed by atoms with Crippen molar-refractivity contribution in [3.63, 3.8) is 0 Å². The second-order valence-corrected chi connectivity index (χ2v) is 4.95. The minimum absolute atomic E-state index is 0.00787. The van der Waals surface area contributed by atoms with Gasteiger partial charge in [-0.15, -0.1) is 0 Å². The molecule has 0 saturated carbocycles. The number of carbonyl (C=O) groups excluding carboxylic acids is 1. The Morgan fingerprint density at radius 3 is 2.75 bits per heavy atom. The van der Waals surface area contributed by atoms with Crippen molar-refractivity contribution >= 4 is 17.0 Å². The third-order valence-corrected chi connectivity index (χ3v) is 3.77. The van der Waals surface area contributed by atoms with Gasteiger partial charge < -0.3 is 14.2 Å². The number of hydrogen-bond acceptors (Lipinski definition) is 4. The minimum Gasteiger partial charge on any atom is -0.408 e. The maximum atomic E-state index is 12.4. The van der Waals surface area contributed by atoms with Crippen molar-refractivity contribution in [3.8, 4) is 0 Å². The van der Waals surface area contributed by atoms with Gasteiger partial charge >= 0.3 is 5.76 Å². The van der Waals surface area contributed by atoms with E-state index in [4.69, 9.17) is 4.42 Å². The number of fused-ring (bicyclic) bond motifs is 1. The summed E-state index contributed by atoms with van der Waals surface area (Å²) in [5.41, 5.74) is 1.60. The molecule has 2 aromatic rings. The van der Waals surface area contributed by atoms with Crippen LogP contribution in [0.3, 0.4) is 0 Å². The molecule has 0 unspecified atom stereocenters. The fourth-order valence-electron chi connectivity index (χ4n) is 2.53. The van der Waals surface area contributed by atoms with Crippen LogP contribution in [0.25, 0.3) is 11.1 Å². The van der Waals surface area contributed by atoms with Crippen LogP contribution in [0.1, 0.15) is 17.3 Å². The smallest absolute Gasteiger partial charge is 0.408 e. The Hall–Kier alpha value is -2.08. The van der Waals surface area contributed by atoms with E-state index < -0.39 is 5.76 Å². The topological polar surface area (TPSA) is 69.6 Å². The molecule has 1 aromatic heterocycles. The summed E-state index contributed by atoms with van der Waals surface area (Å²) in [5.74, 6) is -0.507. The van der Waals surface area contributed by atoms with Gasteiger partial charge in [-0.1, -0.05) is 6.92 Å². The molecule has 1 saturated heterocycles. The molecule has 1 amide bonds. The van der Waals surface area contributed by atoms with Crippen LogP contribution in [0.5, 0.6) is 0 Å². The Morgan fingerprint density at radius 1 is 1.30 bits per heavy atom. The normalized spacial score (nSPS) is 16.8. The largest absolute Gasteiger partial charge is 0.417 e. The van der Waals surface area contributed by atoms with Crippen LogP contribution >= 0.6 is 0 Å². The van der Waals surface area contributed by atoms with Gasteiger partial charge in [0.25, 0.3) is 5.91 Å². The van der Waals surface area contributed by atoms with Gasteiger partial charge in [-0.2, -0.15) is 0 Å². The number of piperazine rings is 1. The molecule has 106 valence electrons. The Bertz CT molecular complexity index is 680. The van der Waals surface area contributed by atoms with Gasteiger partial charge in [-0.05, 0) is 24.7 Å². The van der Waals surface area contributed by atoms with Gasteiger partial charge in [0.1, 0.15) is 0 Å². The lowest BCUT2D eigenvalue weighted by molar-refractivity contribution is 0.0643. The summed E-state index contributed by atoms with van der Waals surface area (Å²) in [7, 11) is 0. The van der Waals surface area contributed by atoms with E-state index in [1.807, 2.05) is 4.90 Å². The highest BCUT2D eigenvalue weighted by Gasteiger charge is 2.21. The molecule has 0 spiro atoms. The SMILES string of the molecule is CCN1CCN(C(=O)c2ccc3[nH]c(=O)oc3c2)CC1. The second-order valence-electron chi connectivity index (χ2n) is 4.95. The van der Waals surface area contributed by atoms with E-state index >= 15 is 0 Å². The molecule has 0 atom stereocenters. The van der Waals surface area contributed by atoms with Gasteiger partial charge in [0.15, 0.2) is 5.58 Å². The number of carbonyl (C=O) groups is 1. The lowest BCUT2D eigenvalue weighted by Crippen LogP contribution is -2.48. The van der Waals surface area contributed by atoms with Crippen LogP contribution in [0.2, 0.25) is 0 Å². The number of hydrogen-bond donors (Lipinski definition) is 1. The van der Waals surface area contributed by atoms with Crippen LogP contribution in [-0.2, 0) is 0 Å². The highest BCUT2D eigenvalue weighted by molar-refractivity contribution is 5.97. The van der Waals surface area contributed by atoms with Gasteiger partial charge in [0.05, 0.1) is 5.52 Å². The number of benzene rings is 1. The quantitative estimate of drug-likeness (QED) is 0.884. The van der Waals surface area contributed by atoms with E-state index in [1.54, 1.807) is 18.2 Å². The predicted molar refractivity (Wildman–Crippen MR) is 74.9 cm³/mol. The molecule has 2 heterocycles. The zero-order valence-electron chi connectivity index (χ0n) is 11.4. The first-order valence-electron chi connectivity index (χ1n) is 6.82. The first-order valence-corrected chi connectivity index (χ1v) is 6.82. The monoisotopic (exact) mass is 275 g/mol. The molecule has 20 heavy (non-hydrogen) atoms. The molecule has 0 radical (unpaired) electrons. The Balaban J connectivity index is 1.80. The van der Waals surface area contributed by atoms with Crippen LogP contribution in [-0.4, -0.2) is 53.4 Å². The number of nitrogens with zero attached hydrogens (tertiary/aromatic N) is 2. The number of aromatic amines is 1. The van der Waals surface area contributed by atoms with Crippen LogP contribution < -0.4 is 5.76 Å². The zero-order chi connectivity index (χ0) is 14.1. The fraction of sp³-hybridized carbons (Fsp3) is 0.429. The van der Waals surface area contributed by atoms with Crippen LogP contribution in [0.4, 0.5) is 0 Å². The lowest BCUT2D eigenvalue weighted by Gasteiger charge is -2.34. The predicted octanol–water partition coefficient (Wildman–Crippen LogP) is 0.899. The average Bonchev–Trinajstić information content (AvgIpc) is 2.85. The first kappa shape index (κ1) is 12.9. The van der Waals surface area contributed by atoms with Gasteiger partial charge in [0.2, 0.25) is 0 Å². The van der Waals surface area contributed by atoms with E-state index in [-0.39, 0.29) is 5.91 Å². The molecule has 6 nitrogen and oxygen atoms in total. The molecule has 1 aliphatic heterocycles. The lowest BCUT2D eigenvalue weighted by atomic mass is 10.1. The molecule has 0 bridgehead atoms. The number of aromatic nitrogens is 1. The highest BCUT2D eigenvalue weighted by atomic mass is 16.4. The summed E-state index contributed by atoms with van der Waals surface area (Å²) in [6.45, 7) is 6.43. The molecule has 0 aliphatic carbocycles. The van der Waals surface area contributed by atoms with E-state index in [1.165, 1.54) is 0 Å². The third-order valence-electron chi connectivity index (χ3n) is 3.77. The Kier molecular flexibility index (Phi) is 3.31. The van der Waals surface area contributed by atoms with Crippen molar-refractivity contribution in [1.82, 2.24) is 14.8 Å². The molecule has 1 fully saturated rings. The number of amides is 1. The van der Waals surface area contributed by atoms with Crippen molar-refractivity contribution in [2.45, 2.75) is 6.92 Å². The summed E-state index contributed by atoms with van der Waals surface area (Å²) >= 11 is 0. The number of likely N-dealkylation sites (N-methyl/N-ethyl adjacent to an activating group) is 1. The summed E-state index contributed by atoms with van der Waals surface area (Å²) < 4.78 is 4.99. The van der Waals surface area contributed by atoms with E-state index in [2.05, 4.69) is 16.8 Å². The van der Waals surface area contributed by atoms with Crippen molar-refractivity contribution in [3.05, 3.63) is 34.3 Å². The number of H-pyrrole nitrogens is 1. The van der Waals surface area contributed by atoms with E-state index in [9.17, 15) is 9.59 Å². The Labute approximate surface area is 116 Å². The maximum absolute atomic E-state index is 12.4. The molecule has 6 heteroatoms. The number of oxazole rings is 1. The van der Waals surface area contributed by atoms with Gasteiger partial charge in [-0.3, -0.25) is 9.78 Å². The Morgan fingerprint density at radius 2 is 2.05 bits per heavy atom. The highest BCUT2D eigenvalue weighted by Crippen LogP contribution is 2.15. The van der Waals surface area contributed by atoms with Crippen molar-refractivity contribution in [2.24, 2.45) is 0 Å². The second kappa shape index (κ2) is 5.13. The average molecular weight is 275 g/mol. The van der Waals surface area contributed by atoms with Crippen LogP contribution in [0, 0.1) is 0 Å². The third kappa shape index (κ3) is 2.34. The zero-order valence-corrected chi connectivity index (χ0v) is 11.4.